The smallest absolute Gasteiger partial charge is 0.383 e. The van der Waals surface area contributed by atoms with Crippen molar-refractivity contribution in [3.63, 3.8) is 0 Å². The third-order valence-electron chi connectivity index (χ3n) is 3.60. The van der Waals surface area contributed by atoms with E-state index in [9.17, 15) is 17.6 Å². The molecule has 0 saturated carbocycles. The van der Waals surface area contributed by atoms with Crippen LogP contribution < -0.4 is 16.1 Å². The first kappa shape index (κ1) is 15.8. The van der Waals surface area contributed by atoms with Crippen molar-refractivity contribution in [1.29, 1.82) is 0 Å². The lowest BCUT2D eigenvalue weighted by Gasteiger charge is -2.30. The molecule has 0 aliphatic carbocycles. The predicted molar refractivity (Wildman–Crippen MR) is 71.0 cm³/mol. The standard InChI is InChI=1S/C12H13F4N5O2/c1-20-9(10(17)18-23-20)11-19-22-5-21(11)6-2-3-8(13)7(4-6)12(14,15)16/h2-4,9,11,19H,5H2,1H3,(H2,17,18). The molecule has 0 radical (unpaired) electrons. The second-order valence-corrected chi connectivity index (χ2v) is 5.06. The summed E-state index contributed by atoms with van der Waals surface area (Å²) in [6, 6.07) is 2.13. The molecule has 1 aromatic carbocycles. The van der Waals surface area contributed by atoms with Gasteiger partial charge in [0.15, 0.2) is 5.84 Å². The summed E-state index contributed by atoms with van der Waals surface area (Å²) in [5.41, 5.74) is 7.16. The second-order valence-electron chi connectivity index (χ2n) is 5.06. The van der Waals surface area contributed by atoms with Crippen LogP contribution in [0.4, 0.5) is 23.2 Å². The third-order valence-corrected chi connectivity index (χ3v) is 3.60. The molecule has 0 aromatic heterocycles. The van der Waals surface area contributed by atoms with E-state index in [2.05, 4.69) is 10.6 Å². The van der Waals surface area contributed by atoms with Crippen LogP contribution in [0.1, 0.15) is 5.56 Å². The number of nitrogens with zero attached hydrogens (tertiary/aromatic N) is 3. The van der Waals surface area contributed by atoms with Gasteiger partial charge < -0.3 is 10.6 Å². The Morgan fingerprint density at radius 3 is 2.74 bits per heavy atom. The number of nitrogens with two attached hydrogens (primary N) is 1. The maximum absolute atomic E-state index is 13.4. The van der Waals surface area contributed by atoms with Crippen LogP contribution in [0.5, 0.6) is 0 Å². The molecule has 0 bridgehead atoms. The van der Waals surface area contributed by atoms with Crippen molar-refractivity contribution in [1.82, 2.24) is 10.5 Å². The Bertz CT molecular complexity index is 638. The summed E-state index contributed by atoms with van der Waals surface area (Å²) in [5.74, 6) is -1.20. The third kappa shape index (κ3) is 2.78. The average molecular weight is 335 g/mol. The molecular weight excluding hydrogens is 322 g/mol. The number of alkyl halides is 3. The van der Waals surface area contributed by atoms with Crippen molar-refractivity contribution < 1.29 is 27.3 Å². The van der Waals surface area contributed by atoms with E-state index in [4.69, 9.17) is 15.5 Å². The van der Waals surface area contributed by atoms with Gasteiger partial charge in [0.1, 0.15) is 24.8 Å². The van der Waals surface area contributed by atoms with Gasteiger partial charge in [-0.15, -0.1) is 5.06 Å². The summed E-state index contributed by atoms with van der Waals surface area (Å²) in [4.78, 5) is 11.5. The molecule has 11 heteroatoms. The number of benzene rings is 1. The molecular formula is C12H13F4N5O2. The van der Waals surface area contributed by atoms with Crippen molar-refractivity contribution in [3.8, 4) is 0 Å². The van der Waals surface area contributed by atoms with Crippen molar-refractivity contribution in [2.24, 2.45) is 10.9 Å². The van der Waals surface area contributed by atoms with Gasteiger partial charge >= 0.3 is 6.18 Å². The van der Waals surface area contributed by atoms with Crippen molar-refractivity contribution in [2.75, 3.05) is 18.7 Å². The number of halogens is 4. The van der Waals surface area contributed by atoms with E-state index in [1.54, 1.807) is 7.05 Å². The molecule has 1 saturated heterocycles. The summed E-state index contributed by atoms with van der Waals surface area (Å²) < 4.78 is 52.0. The Kier molecular flexibility index (Phi) is 3.78. The van der Waals surface area contributed by atoms with Crippen LogP contribution >= 0.6 is 0 Å². The molecule has 3 rings (SSSR count). The highest BCUT2D eigenvalue weighted by Crippen LogP contribution is 2.35. The summed E-state index contributed by atoms with van der Waals surface area (Å²) in [6.45, 7) is -0.0504. The lowest BCUT2D eigenvalue weighted by Crippen LogP contribution is -2.55. The van der Waals surface area contributed by atoms with Crippen LogP contribution in [0, 0.1) is 5.82 Å². The SMILES string of the molecule is CN1ON=C(N)C1C1NOCN1c1ccc(F)c(C(F)(F)F)c1. The fraction of sp³-hybridized carbons (Fsp3) is 0.417. The normalized spacial score (nSPS) is 25.6. The van der Waals surface area contributed by atoms with Gasteiger partial charge in [-0.3, -0.25) is 9.78 Å². The van der Waals surface area contributed by atoms with E-state index in [-0.39, 0.29) is 18.3 Å². The van der Waals surface area contributed by atoms with Gasteiger partial charge in [-0.05, 0) is 23.4 Å². The summed E-state index contributed by atoms with van der Waals surface area (Å²) in [5, 5.41) is 4.94. The lowest BCUT2D eigenvalue weighted by atomic mass is 10.1. The Balaban J connectivity index is 1.93. The van der Waals surface area contributed by atoms with E-state index >= 15 is 0 Å². The highest BCUT2D eigenvalue weighted by Gasteiger charge is 2.43. The van der Waals surface area contributed by atoms with E-state index < -0.39 is 29.8 Å². The van der Waals surface area contributed by atoms with Crippen molar-refractivity contribution in [3.05, 3.63) is 29.6 Å². The number of oxime groups is 1. The Hall–Kier alpha value is -2.11. The van der Waals surface area contributed by atoms with Crippen LogP contribution in [0.15, 0.2) is 23.4 Å². The monoisotopic (exact) mass is 335 g/mol. The first-order valence-corrected chi connectivity index (χ1v) is 6.53. The van der Waals surface area contributed by atoms with Crippen molar-refractivity contribution in [2.45, 2.75) is 18.4 Å². The number of hydrogen-bond acceptors (Lipinski definition) is 7. The number of anilines is 1. The van der Waals surface area contributed by atoms with E-state index in [0.29, 0.717) is 0 Å². The van der Waals surface area contributed by atoms with E-state index in [1.165, 1.54) is 16.0 Å². The quantitative estimate of drug-likeness (QED) is 0.785. The molecule has 0 amide bonds. The Morgan fingerprint density at radius 1 is 1.39 bits per heavy atom. The summed E-state index contributed by atoms with van der Waals surface area (Å²) >= 11 is 0. The molecule has 2 heterocycles. The molecule has 23 heavy (non-hydrogen) atoms. The van der Waals surface area contributed by atoms with Crippen molar-refractivity contribution >= 4 is 11.5 Å². The van der Waals surface area contributed by atoms with Gasteiger partial charge in [0.2, 0.25) is 0 Å². The Morgan fingerprint density at radius 2 is 2.13 bits per heavy atom. The zero-order valence-electron chi connectivity index (χ0n) is 11.8. The zero-order valence-corrected chi connectivity index (χ0v) is 11.8. The maximum Gasteiger partial charge on any atom is 0.419 e. The van der Waals surface area contributed by atoms with Crippen LogP contribution in [0.3, 0.4) is 0 Å². The molecule has 3 N–H and O–H groups in total. The molecule has 1 fully saturated rings. The first-order valence-electron chi connectivity index (χ1n) is 6.53. The minimum atomic E-state index is -4.79. The fourth-order valence-electron chi connectivity index (χ4n) is 2.48. The average Bonchev–Trinajstić information content (AvgIpc) is 3.05. The number of hydroxylamine groups is 3. The molecule has 1 aromatic rings. The van der Waals surface area contributed by atoms with Crippen LogP contribution in [-0.4, -0.2) is 36.9 Å². The minimum Gasteiger partial charge on any atom is -0.383 e. The second kappa shape index (κ2) is 5.51. The van der Waals surface area contributed by atoms with Gasteiger partial charge in [-0.1, -0.05) is 0 Å². The molecule has 2 unspecified atom stereocenters. The molecule has 0 spiro atoms. The van der Waals surface area contributed by atoms with Crippen LogP contribution in [-0.2, 0) is 16.0 Å². The predicted octanol–water partition coefficient (Wildman–Crippen LogP) is 0.987. The van der Waals surface area contributed by atoms with Gasteiger partial charge in [-0.2, -0.15) is 18.7 Å². The van der Waals surface area contributed by atoms with Gasteiger partial charge in [0.05, 0.1) is 5.56 Å². The van der Waals surface area contributed by atoms with Gasteiger partial charge in [-0.25, -0.2) is 4.39 Å². The van der Waals surface area contributed by atoms with E-state index in [1.807, 2.05) is 0 Å². The first-order chi connectivity index (χ1) is 10.8. The van der Waals surface area contributed by atoms with E-state index in [0.717, 1.165) is 12.1 Å². The molecule has 2 atom stereocenters. The molecule has 2 aliphatic heterocycles. The number of nitrogens with one attached hydrogen (secondary N) is 1. The fourth-order valence-corrected chi connectivity index (χ4v) is 2.48. The maximum atomic E-state index is 13.4. The molecule has 2 aliphatic rings. The topological polar surface area (TPSA) is 75.3 Å². The minimum absolute atomic E-state index is 0.0504. The molecule has 126 valence electrons. The largest absolute Gasteiger partial charge is 0.419 e. The Labute approximate surface area is 128 Å². The van der Waals surface area contributed by atoms with Crippen LogP contribution in [0.2, 0.25) is 0 Å². The summed E-state index contributed by atoms with van der Waals surface area (Å²) in [7, 11) is 1.57. The van der Waals surface area contributed by atoms with Crippen LogP contribution in [0.25, 0.3) is 0 Å². The van der Waals surface area contributed by atoms with Gasteiger partial charge in [0, 0.05) is 12.7 Å². The number of hydrogen-bond donors (Lipinski definition) is 2. The zero-order chi connectivity index (χ0) is 16.8. The van der Waals surface area contributed by atoms with Gasteiger partial charge in [0.25, 0.3) is 0 Å². The highest BCUT2D eigenvalue weighted by molar-refractivity contribution is 5.87. The summed E-state index contributed by atoms with van der Waals surface area (Å²) in [6.07, 6.45) is -5.45. The lowest BCUT2D eigenvalue weighted by molar-refractivity contribution is -0.140. The number of rotatable bonds is 2. The molecule has 7 nitrogen and oxygen atoms in total. The highest BCUT2D eigenvalue weighted by atomic mass is 19.4. The number of likely N-dealkylation sites (N-methyl/N-ethyl adjacent to an activating group) is 1. The number of amidine groups is 1.